The molecule has 0 bridgehead atoms. The number of amides is 1. The lowest BCUT2D eigenvalue weighted by Gasteiger charge is -2.17. The Bertz CT molecular complexity index is 1410. The summed E-state index contributed by atoms with van der Waals surface area (Å²) in [5, 5.41) is 8.45. The van der Waals surface area contributed by atoms with E-state index in [2.05, 4.69) is 28.4 Å². The summed E-state index contributed by atoms with van der Waals surface area (Å²) in [6.07, 6.45) is 8.03. The molecule has 1 atom stereocenters. The van der Waals surface area contributed by atoms with Crippen LogP contribution in [0.1, 0.15) is 41.3 Å². The van der Waals surface area contributed by atoms with Crippen molar-refractivity contribution in [2.24, 2.45) is 5.92 Å². The van der Waals surface area contributed by atoms with Crippen LogP contribution in [0, 0.1) is 5.92 Å². The average molecular weight is 434 g/mol. The van der Waals surface area contributed by atoms with Crippen molar-refractivity contribution >= 4 is 38.8 Å². The number of aromatic nitrogens is 4. The minimum atomic E-state index is -0.336. The van der Waals surface area contributed by atoms with Crippen LogP contribution in [-0.4, -0.2) is 25.1 Å². The Morgan fingerprint density at radius 3 is 3.03 bits per heavy atom. The van der Waals surface area contributed by atoms with Crippen molar-refractivity contribution in [2.45, 2.75) is 52.0 Å². The zero-order valence-corrected chi connectivity index (χ0v) is 18.2. The first-order valence-electron chi connectivity index (χ1n) is 10.9. The van der Waals surface area contributed by atoms with Crippen molar-refractivity contribution in [3.05, 3.63) is 56.6 Å². The normalized spacial score (nSPS) is 17.8. The molecular weight excluding hydrogens is 410 g/mol. The van der Waals surface area contributed by atoms with Crippen LogP contribution in [0.3, 0.4) is 0 Å². The van der Waals surface area contributed by atoms with E-state index in [-0.39, 0.29) is 18.1 Å². The Balaban J connectivity index is 1.33. The van der Waals surface area contributed by atoms with E-state index in [1.807, 2.05) is 12.1 Å². The Kier molecular flexibility index (Phi) is 4.24. The number of rotatable bonds is 3. The summed E-state index contributed by atoms with van der Waals surface area (Å²) in [5.41, 5.74) is 4.97. The number of nitrogens with zero attached hydrogens (tertiary/aromatic N) is 4. The van der Waals surface area contributed by atoms with Crippen molar-refractivity contribution in [3.8, 4) is 0 Å². The van der Waals surface area contributed by atoms with Gasteiger partial charge in [0.05, 0.1) is 5.39 Å². The Morgan fingerprint density at radius 2 is 2.13 bits per heavy atom. The van der Waals surface area contributed by atoms with E-state index >= 15 is 0 Å². The molecule has 1 unspecified atom stereocenters. The monoisotopic (exact) mass is 433 g/mol. The Labute approximate surface area is 182 Å². The number of anilines is 1. The van der Waals surface area contributed by atoms with Gasteiger partial charge in [0.1, 0.15) is 17.7 Å². The van der Waals surface area contributed by atoms with Gasteiger partial charge < -0.3 is 5.32 Å². The number of fused-ring (bicyclic) bond motifs is 6. The molecule has 7 nitrogen and oxygen atoms in total. The van der Waals surface area contributed by atoms with Crippen LogP contribution in [0.25, 0.3) is 15.9 Å². The summed E-state index contributed by atoms with van der Waals surface area (Å²) in [6.45, 7) is 2.15. The van der Waals surface area contributed by atoms with Gasteiger partial charge >= 0.3 is 5.69 Å². The first-order chi connectivity index (χ1) is 15.1. The van der Waals surface area contributed by atoms with E-state index in [9.17, 15) is 9.59 Å². The van der Waals surface area contributed by atoms with Gasteiger partial charge in [0.25, 0.3) is 0 Å². The third-order valence-corrected chi connectivity index (χ3v) is 7.72. The number of carbonyl (C=O) groups is 1. The van der Waals surface area contributed by atoms with Crippen molar-refractivity contribution in [1.82, 2.24) is 19.2 Å². The van der Waals surface area contributed by atoms with Crippen LogP contribution in [0.2, 0.25) is 0 Å². The number of hydrogen-bond donors (Lipinski definition) is 1. The second-order valence-electron chi connectivity index (χ2n) is 8.80. The van der Waals surface area contributed by atoms with Gasteiger partial charge in [-0.25, -0.2) is 18.9 Å². The largest absolute Gasteiger partial charge is 0.352 e. The average Bonchev–Trinajstić information content (AvgIpc) is 3.43. The van der Waals surface area contributed by atoms with Gasteiger partial charge in [-0.3, -0.25) is 4.79 Å². The quantitative estimate of drug-likeness (QED) is 0.537. The van der Waals surface area contributed by atoms with E-state index in [0.29, 0.717) is 11.6 Å². The number of carbonyl (C=O) groups excluding carboxylic acids is 1. The van der Waals surface area contributed by atoms with Gasteiger partial charge in [-0.2, -0.15) is 0 Å². The van der Waals surface area contributed by atoms with Gasteiger partial charge in [0.15, 0.2) is 5.65 Å². The number of aryl methyl sites for hydroxylation is 3. The topological polar surface area (TPSA) is 81.3 Å². The summed E-state index contributed by atoms with van der Waals surface area (Å²) < 4.78 is 2.71. The Morgan fingerprint density at radius 1 is 1.26 bits per heavy atom. The summed E-state index contributed by atoms with van der Waals surface area (Å²) >= 11 is 1.70. The molecule has 0 saturated carbocycles. The maximum absolute atomic E-state index is 12.9. The second-order valence-corrected chi connectivity index (χ2v) is 9.88. The van der Waals surface area contributed by atoms with Gasteiger partial charge in [-0.05, 0) is 73.3 Å². The lowest BCUT2D eigenvalue weighted by molar-refractivity contribution is -0.117. The Hall–Kier alpha value is -3.00. The fourth-order valence-corrected chi connectivity index (χ4v) is 6.30. The second kappa shape index (κ2) is 7.02. The van der Waals surface area contributed by atoms with E-state index in [1.165, 1.54) is 37.0 Å². The van der Waals surface area contributed by atoms with Crippen LogP contribution in [-0.2, 0) is 37.0 Å². The third kappa shape index (κ3) is 3.08. The fourth-order valence-electron chi connectivity index (χ4n) is 4.95. The highest BCUT2D eigenvalue weighted by Crippen LogP contribution is 2.38. The predicted molar refractivity (Wildman–Crippen MR) is 121 cm³/mol. The summed E-state index contributed by atoms with van der Waals surface area (Å²) in [4.78, 5) is 32.4. The SMILES string of the molecule is CC1CCc2c(sc3ncn4c(=O)n(CC(=O)Nc5ccc6c(c5)CCC6)nc4c23)C1. The van der Waals surface area contributed by atoms with Gasteiger partial charge in [0.2, 0.25) is 5.91 Å². The molecular formula is C23H23N5O2S. The van der Waals surface area contributed by atoms with E-state index < -0.39 is 0 Å². The van der Waals surface area contributed by atoms with E-state index in [1.54, 1.807) is 11.3 Å². The number of benzene rings is 1. The van der Waals surface area contributed by atoms with Crippen molar-refractivity contribution in [2.75, 3.05) is 5.32 Å². The minimum absolute atomic E-state index is 0.123. The maximum atomic E-state index is 12.9. The van der Waals surface area contributed by atoms with Crippen molar-refractivity contribution < 1.29 is 4.79 Å². The zero-order chi connectivity index (χ0) is 21.1. The molecule has 4 aromatic rings. The van der Waals surface area contributed by atoms with E-state index in [0.717, 1.165) is 54.4 Å². The highest BCUT2D eigenvalue weighted by molar-refractivity contribution is 7.19. The fraction of sp³-hybridized carbons (Fsp3) is 0.391. The van der Waals surface area contributed by atoms with Crippen LogP contribution in [0.5, 0.6) is 0 Å². The molecule has 3 aromatic heterocycles. The molecule has 0 aliphatic heterocycles. The summed E-state index contributed by atoms with van der Waals surface area (Å²) in [7, 11) is 0. The molecule has 3 heterocycles. The minimum Gasteiger partial charge on any atom is -0.324 e. The lowest BCUT2D eigenvalue weighted by atomic mass is 9.89. The molecule has 1 amide bonds. The maximum Gasteiger partial charge on any atom is 0.352 e. The molecule has 1 aromatic carbocycles. The molecule has 0 saturated heterocycles. The van der Waals surface area contributed by atoms with E-state index in [4.69, 9.17) is 0 Å². The first-order valence-corrected chi connectivity index (χ1v) is 11.7. The summed E-state index contributed by atoms with van der Waals surface area (Å²) in [6, 6.07) is 6.05. The van der Waals surface area contributed by atoms with Crippen molar-refractivity contribution in [1.29, 1.82) is 0 Å². The van der Waals surface area contributed by atoms with Gasteiger partial charge in [-0.1, -0.05) is 13.0 Å². The molecule has 0 radical (unpaired) electrons. The van der Waals surface area contributed by atoms with Crippen LogP contribution < -0.4 is 11.0 Å². The highest BCUT2D eigenvalue weighted by Gasteiger charge is 2.24. The molecule has 31 heavy (non-hydrogen) atoms. The first kappa shape index (κ1) is 18.7. The number of thiophene rings is 1. The highest BCUT2D eigenvalue weighted by atomic mass is 32.1. The van der Waals surface area contributed by atoms with Gasteiger partial charge in [0, 0.05) is 10.6 Å². The molecule has 0 fully saturated rings. The smallest absolute Gasteiger partial charge is 0.324 e. The lowest BCUT2D eigenvalue weighted by Crippen LogP contribution is -2.28. The van der Waals surface area contributed by atoms with Crippen molar-refractivity contribution in [3.63, 3.8) is 0 Å². The number of nitrogens with one attached hydrogen (secondary N) is 1. The molecule has 6 rings (SSSR count). The number of hydrogen-bond acceptors (Lipinski definition) is 5. The molecule has 2 aliphatic carbocycles. The predicted octanol–water partition coefficient (Wildman–Crippen LogP) is 3.36. The van der Waals surface area contributed by atoms with Crippen LogP contribution >= 0.6 is 11.3 Å². The molecule has 8 heteroatoms. The zero-order valence-electron chi connectivity index (χ0n) is 17.4. The molecule has 158 valence electrons. The standard InChI is InChI=1S/C23H23N5O2S/c1-13-5-8-17-18(9-13)31-22-20(17)21-26-28(23(30)27(21)12-24-22)11-19(29)25-16-7-6-14-3-2-4-15(14)10-16/h6-7,10,12-13H,2-5,8-9,11H2,1H3,(H,25,29). The third-order valence-electron chi connectivity index (χ3n) is 6.55. The van der Waals surface area contributed by atoms with Crippen LogP contribution in [0.15, 0.2) is 29.3 Å². The molecule has 1 N–H and O–H groups in total. The summed E-state index contributed by atoms with van der Waals surface area (Å²) in [5.74, 6) is 0.410. The van der Waals surface area contributed by atoms with Gasteiger partial charge in [-0.15, -0.1) is 16.4 Å². The molecule has 0 spiro atoms. The molecule has 2 aliphatic rings. The van der Waals surface area contributed by atoms with Crippen LogP contribution in [0.4, 0.5) is 5.69 Å².